The molecule has 0 atom stereocenters. The molecule has 1 aliphatic rings. The van der Waals surface area contributed by atoms with E-state index in [0.717, 1.165) is 59.5 Å². The number of nitrogens with zero attached hydrogens (tertiary/aromatic N) is 1. The predicted octanol–water partition coefficient (Wildman–Crippen LogP) is 6.97. The monoisotopic (exact) mass is 582 g/mol. The largest absolute Gasteiger partial charge is 0.469 e. The Morgan fingerprint density at radius 3 is 1.95 bits per heavy atom. The minimum atomic E-state index is -0.622. The number of methoxy groups -OCH3 is 1. The third-order valence-electron chi connectivity index (χ3n) is 7.47. The van der Waals surface area contributed by atoms with Crippen molar-refractivity contribution in [2.75, 3.05) is 32.1 Å². The van der Waals surface area contributed by atoms with Gasteiger partial charge in [-0.15, -0.1) is 0 Å². The molecule has 0 saturated carbocycles. The normalized spacial score (nSPS) is 14.4. The van der Waals surface area contributed by atoms with E-state index in [1.54, 1.807) is 12.1 Å². The van der Waals surface area contributed by atoms with Crippen LogP contribution < -0.4 is 10.1 Å². The van der Waals surface area contributed by atoms with Crippen LogP contribution in [0.4, 0.5) is 5.69 Å². The molecule has 0 radical (unpaired) electrons. The van der Waals surface area contributed by atoms with Gasteiger partial charge in [-0.2, -0.15) is 0 Å². The summed E-state index contributed by atoms with van der Waals surface area (Å²) in [6, 6.07) is 25.2. The Labute approximate surface area is 254 Å². The number of hydrogen-bond donors (Lipinski definition) is 1. The minimum absolute atomic E-state index is 0.0196. The molecule has 3 aromatic carbocycles. The van der Waals surface area contributed by atoms with Gasteiger partial charge in [-0.25, -0.2) is 0 Å². The van der Waals surface area contributed by atoms with Crippen LogP contribution in [0.3, 0.4) is 0 Å². The molecule has 1 saturated heterocycles. The van der Waals surface area contributed by atoms with Crippen molar-refractivity contribution in [2.45, 2.75) is 52.9 Å². The molecule has 1 fully saturated rings. The summed E-state index contributed by atoms with van der Waals surface area (Å²) < 4.78 is 10.6. The molecular formula is C36H42N2O5. The first-order chi connectivity index (χ1) is 20.6. The summed E-state index contributed by atoms with van der Waals surface area (Å²) >= 11 is 0. The summed E-state index contributed by atoms with van der Waals surface area (Å²) in [7, 11) is 1.39. The summed E-state index contributed by atoms with van der Waals surface area (Å²) in [5.41, 5.74) is 4.85. The molecule has 3 aromatic rings. The van der Waals surface area contributed by atoms with Crippen LogP contribution in [0.25, 0.3) is 11.1 Å². The van der Waals surface area contributed by atoms with Gasteiger partial charge in [-0.05, 0) is 105 Å². The molecule has 1 aliphatic heterocycles. The van der Waals surface area contributed by atoms with Gasteiger partial charge < -0.3 is 14.8 Å². The number of benzene rings is 3. The van der Waals surface area contributed by atoms with E-state index in [0.29, 0.717) is 18.7 Å². The van der Waals surface area contributed by atoms with Crippen LogP contribution in [-0.4, -0.2) is 49.5 Å². The Balaban J connectivity index is 1.69. The van der Waals surface area contributed by atoms with Gasteiger partial charge in [-0.3, -0.25) is 19.3 Å². The van der Waals surface area contributed by atoms with Crippen molar-refractivity contribution in [1.29, 1.82) is 0 Å². The van der Waals surface area contributed by atoms with Crippen LogP contribution in [0.5, 0.6) is 5.75 Å². The molecule has 7 nitrogen and oxygen atoms in total. The highest BCUT2D eigenvalue weighted by atomic mass is 16.5. The van der Waals surface area contributed by atoms with Crippen LogP contribution in [0.2, 0.25) is 0 Å². The van der Waals surface area contributed by atoms with Crippen molar-refractivity contribution in [1.82, 2.24) is 4.90 Å². The number of rotatable bonds is 10. The molecule has 0 aliphatic carbocycles. The smallest absolute Gasteiger partial charge is 0.316 e. The average Bonchev–Trinajstić information content (AvgIpc) is 3.00. The Hall–Kier alpha value is -4.23. The van der Waals surface area contributed by atoms with Crippen molar-refractivity contribution in [3.8, 4) is 5.75 Å². The maximum Gasteiger partial charge on any atom is 0.316 e. The number of piperidine rings is 1. The molecule has 226 valence electrons. The van der Waals surface area contributed by atoms with Crippen LogP contribution >= 0.6 is 0 Å². The SMILES string of the molecule is COC(=O)CC/C(=C(/c1ccc(NC(=O)CN2CCCCC2)cc1)c1ccc(OC(=O)C(C)(C)C)cc1)c1ccccc1. The molecule has 0 spiro atoms. The molecule has 7 heteroatoms. The highest BCUT2D eigenvalue weighted by Crippen LogP contribution is 2.36. The van der Waals surface area contributed by atoms with Crippen LogP contribution in [0.1, 0.15) is 69.6 Å². The number of carbonyl (C=O) groups excluding carboxylic acids is 3. The van der Waals surface area contributed by atoms with E-state index in [1.165, 1.54) is 13.5 Å². The highest BCUT2D eigenvalue weighted by molar-refractivity contribution is 6.00. The number of hydrogen-bond acceptors (Lipinski definition) is 6. The Morgan fingerprint density at radius 1 is 0.767 bits per heavy atom. The third kappa shape index (κ3) is 9.13. The fourth-order valence-corrected chi connectivity index (χ4v) is 5.09. The summed E-state index contributed by atoms with van der Waals surface area (Å²) in [6.45, 7) is 7.77. The summed E-state index contributed by atoms with van der Waals surface area (Å²) in [5.74, 6) is -0.152. The zero-order valence-electron chi connectivity index (χ0n) is 25.7. The van der Waals surface area contributed by atoms with Gasteiger partial charge in [0, 0.05) is 12.1 Å². The summed E-state index contributed by atoms with van der Waals surface area (Å²) in [4.78, 5) is 39.6. The van der Waals surface area contributed by atoms with E-state index in [2.05, 4.69) is 10.2 Å². The molecule has 43 heavy (non-hydrogen) atoms. The predicted molar refractivity (Wildman–Crippen MR) is 171 cm³/mol. The maximum atomic E-state index is 12.7. The van der Waals surface area contributed by atoms with Gasteiger partial charge in [0.05, 0.1) is 19.1 Å². The quantitative estimate of drug-likeness (QED) is 0.158. The fraction of sp³-hybridized carbons (Fsp3) is 0.361. The van der Waals surface area contributed by atoms with Gasteiger partial charge >= 0.3 is 11.9 Å². The molecule has 0 unspecified atom stereocenters. The minimum Gasteiger partial charge on any atom is -0.469 e. The van der Waals surface area contributed by atoms with E-state index in [4.69, 9.17) is 9.47 Å². The van der Waals surface area contributed by atoms with Crippen LogP contribution in [0, 0.1) is 5.41 Å². The van der Waals surface area contributed by atoms with Crippen molar-refractivity contribution in [2.24, 2.45) is 5.41 Å². The topological polar surface area (TPSA) is 84.9 Å². The van der Waals surface area contributed by atoms with Crippen LogP contribution in [0.15, 0.2) is 78.9 Å². The first kappa shape index (κ1) is 31.7. The number of nitrogens with one attached hydrogen (secondary N) is 1. The summed E-state index contributed by atoms with van der Waals surface area (Å²) in [6.07, 6.45) is 4.18. The van der Waals surface area contributed by atoms with Crippen LogP contribution in [-0.2, 0) is 19.1 Å². The van der Waals surface area contributed by atoms with Crippen molar-refractivity contribution in [3.63, 3.8) is 0 Å². The maximum absolute atomic E-state index is 12.7. The number of ether oxygens (including phenoxy) is 2. The van der Waals surface area contributed by atoms with E-state index in [-0.39, 0.29) is 24.3 Å². The number of anilines is 1. The van der Waals surface area contributed by atoms with Crippen molar-refractivity contribution in [3.05, 3.63) is 95.6 Å². The Kier molecular flexibility index (Phi) is 10.9. The number of esters is 2. The molecular weight excluding hydrogens is 540 g/mol. The fourth-order valence-electron chi connectivity index (χ4n) is 5.09. The second-order valence-corrected chi connectivity index (χ2v) is 11.9. The standard InChI is InChI=1S/C36H42N2O5/c1-36(2,3)35(41)43-30-19-15-28(16-20-30)34(31(21-22-33(40)42-4)26-11-7-5-8-12-26)27-13-17-29(18-14-27)37-32(39)25-38-23-9-6-10-24-38/h5,7-8,11-20H,6,9-10,21-25H2,1-4H3,(H,37,39)/b34-31+. The molecule has 0 aromatic heterocycles. The summed E-state index contributed by atoms with van der Waals surface area (Å²) in [5, 5.41) is 3.04. The second kappa shape index (κ2) is 14.8. The molecule has 0 bridgehead atoms. The number of amides is 1. The molecule has 1 heterocycles. The first-order valence-electron chi connectivity index (χ1n) is 14.9. The third-order valence-corrected chi connectivity index (χ3v) is 7.47. The van der Waals surface area contributed by atoms with E-state index < -0.39 is 5.41 Å². The number of allylic oxidation sites excluding steroid dienone is 1. The van der Waals surface area contributed by atoms with Crippen molar-refractivity contribution < 1.29 is 23.9 Å². The zero-order valence-corrected chi connectivity index (χ0v) is 25.7. The lowest BCUT2D eigenvalue weighted by molar-refractivity contribution is -0.143. The van der Waals surface area contributed by atoms with E-state index >= 15 is 0 Å². The number of carbonyl (C=O) groups is 3. The van der Waals surface area contributed by atoms with E-state index in [1.807, 2.05) is 87.5 Å². The molecule has 1 N–H and O–H groups in total. The lowest BCUT2D eigenvalue weighted by Crippen LogP contribution is -2.36. The van der Waals surface area contributed by atoms with Gasteiger partial charge in [0.15, 0.2) is 0 Å². The van der Waals surface area contributed by atoms with Gasteiger partial charge in [0.25, 0.3) is 0 Å². The molecule has 1 amide bonds. The van der Waals surface area contributed by atoms with E-state index in [9.17, 15) is 14.4 Å². The lowest BCUT2D eigenvalue weighted by Gasteiger charge is -2.25. The highest BCUT2D eigenvalue weighted by Gasteiger charge is 2.24. The van der Waals surface area contributed by atoms with Gasteiger partial charge in [0.2, 0.25) is 5.91 Å². The number of likely N-dealkylation sites (tertiary alicyclic amines) is 1. The Bertz CT molecular complexity index is 1420. The van der Waals surface area contributed by atoms with Gasteiger partial charge in [-0.1, -0.05) is 61.0 Å². The Morgan fingerprint density at radius 2 is 1.37 bits per heavy atom. The lowest BCUT2D eigenvalue weighted by atomic mass is 9.87. The second-order valence-electron chi connectivity index (χ2n) is 11.9. The first-order valence-corrected chi connectivity index (χ1v) is 14.9. The molecule has 4 rings (SSSR count). The van der Waals surface area contributed by atoms with Gasteiger partial charge in [0.1, 0.15) is 5.75 Å². The zero-order chi connectivity index (χ0) is 30.8. The van der Waals surface area contributed by atoms with Crippen molar-refractivity contribution >= 4 is 34.7 Å². The average molecular weight is 583 g/mol.